The molecule has 0 bridgehead atoms. The van der Waals surface area contributed by atoms with Gasteiger partial charge in [-0.15, -0.1) is 0 Å². The number of benzene rings is 7. The molecular weight excluding hydrogens is 617 g/mol. The Bertz CT molecular complexity index is 2390. The lowest BCUT2D eigenvalue weighted by Crippen LogP contribution is -2.15. The van der Waals surface area contributed by atoms with Crippen molar-refractivity contribution in [3.63, 3.8) is 0 Å². The minimum Gasteiger partial charge on any atom is -0.383 e. The first-order valence-electron chi connectivity index (χ1n) is 18.2. The van der Waals surface area contributed by atoms with Gasteiger partial charge in [-0.25, -0.2) is 4.99 Å². The molecule has 0 amide bonds. The van der Waals surface area contributed by atoms with Gasteiger partial charge < -0.3 is 5.73 Å². The largest absolute Gasteiger partial charge is 0.383 e. The van der Waals surface area contributed by atoms with Crippen LogP contribution in [0.25, 0.3) is 60.3 Å². The Morgan fingerprint density at radius 3 is 1.92 bits per heavy atom. The zero-order chi connectivity index (χ0) is 35.0. The van der Waals surface area contributed by atoms with E-state index in [1.165, 1.54) is 54.6 Å². The molecule has 2 heteroatoms. The average molecular weight is 661 g/mol. The molecule has 0 aromatic heterocycles. The first kappa shape index (κ1) is 33.5. The van der Waals surface area contributed by atoms with Gasteiger partial charge in [0.2, 0.25) is 0 Å². The summed E-state index contributed by atoms with van der Waals surface area (Å²) in [6.07, 6.45) is 12.5. The Labute approximate surface area is 302 Å². The molecule has 7 aromatic rings. The molecule has 0 saturated carbocycles. The van der Waals surface area contributed by atoms with Crippen molar-refractivity contribution < 1.29 is 0 Å². The zero-order valence-corrected chi connectivity index (χ0v) is 29.5. The van der Waals surface area contributed by atoms with E-state index >= 15 is 0 Å². The lowest BCUT2D eigenvalue weighted by atomic mass is 9.85. The first-order valence-corrected chi connectivity index (χ1v) is 18.2. The predicted octanol–water partition coefficient (Wildman–Crippen LogP) is 13.1. The summed E-state index contributed by atoms with van der Waals surface area (Å²) in [6, 6.07) is 52.5. The fraction of sp³-hybridized carbons (Fsp3) is 0.122. The van der Waals surface area contributed by atoms with Crippen LogP contribution in [0.4, 0.5) is 0 Å². The summed E-state index contributed by atoms with van der Waals surface area (Å²) in [5, 5.41) is 7.44. The van der Waals surface area contributed by atoms with Crippen molar-refractivity contribution in [2.45, 2.75) is 39.5 Å². The van der Waals surface area contributed by atoms with Crippen LogP contribution in [0.5, 0.6) is 0 Å². The maximum atomic E-state index is 6.74. The predicted molar refractivity (Wildman–Crippen MR) is 222 cm³/mol. The van der Waals surface area contributed by atoms with Crippen molar-refractivity contribution in [2.75, 3.05) is 0 Å². The highest BCUT2D eigenvalue weighted by Crippen LogP contribution is 2.44. The first-order chi connectivity index (χ1) is 25.2. The summed E-state index contributed by atoms with van der Waals surface area (Å²) in [5.74, 6) is 0.590. The van der Waals surface area contributed by atoms with Gasteiger partial charge in [0.05, 0.1) is 5.70 Å². The van der Waals surface area contributed by atoms with Crippen molar-refractivity contribution >= 4 is 43.9 Å². The standard InChI is InChI=1S/C47H38N2.C2H6/c48-47(35-18-6-1-2-7-19-35)49-44(30-27-33-15-4-3-5-16-33)37-21-14-22-38(32-37)45-40-23-10-12-25-42(40)46(43-26-13-11-24-41(43)45)39-29-28-34-17-8-9-20-36(34)31-39;1-2/h1,3-6,8-18,20-26,28-32H,2,7,19,27H2,(H2,48,49);1-2H3/b44-30-;. The summed E-state index contributed by atoms with van der Waals surface area (Å²) in [7, 11) is 0. The number of nitrogens with zero attached hydrogens (tertiary/aromatic N) is 1. The molecule has 8 rings (SSSR count). The van der Waals surface area contributed by atoms with Gasteiger partial charge in [-0.1, -0.05) is 172 Å². The molecule has 0 spiro atoms. The Kier molecular flexibility index (Phi) is 10.3. The number of rotatable bonds is 7. The van der Waals surface area contributed by atoms with Crippen molar-refractivity contribution in [1.82, 2.24) is 0 Å². The lowest BCUT2D eigenvalue weighted by Gasteiger charge is -2.18. The number of nitrogens with two attached hydrogens (primary N) is 1. The van der Waals surface area contributed by atoms with E-state index in [2.05, 4.69) is 170 Å². The Hall–Kier alpha value is -5.99. The molecule has 7 aromatic carbocycles. The molecule has 250 valence electrons. The minimum absolute atomic E-state index is 0.590. The molecule has 51 heavy (non-hydrogen) atoms. The maximum absolute atomic E-state index is 6.74. The molecule has 2 N–H and O–H groups in total. The Morgan fingerprint density at radius 1 is 0.627 bits per heavy atom. The van der Waals surface area contributed by atoms with E-state index in [-0.39, 0.29) is 0 Å². The highest BCUT2D eigenvalue weighted by atomic mass is 14.9. The van der Waals surface area contributed by atoms with Gasteiger partial charge in [-0.2, -0.15) is 0 Å². The summed E-state index contributed by atoms with van der Waals surface area (Å²) >= 11 is 0. The third-order valence-electron chi connectivity index (χ3n) is 9.61. The third-order valence-corrected chi connectivity index (χ3v) is 9.61. The van der Waals surface area contributed by atoms with E-state index in [0.29, 0.717) is 5.84 Å². The van der Waals surface area contributed by atoms with Gasteiger partial charge in [0.25, 0.3) is 0 Å². The molecule has 0 saturated heterocycles. The third kappa shape index (κ3) is 7.18. The van der Waals surface area contributed by atoms with E-state index in [4.69, 9.17) is 10.7 Å². The van der Waals surface area contributed by atoms with Crippen LogP contribution in [0.3, 0.4) is 0 Å². The van der Waals surface area contributed by atoms with Gasteiger partial charge in [-0.3, -0.25) is 0 Å². The van der Waals surface area contributed by atoms with E-state index in [1.807, 2.05) is 13.8 Å². The second kappa shape index (κ2) is 15.7. The van der Waals surface area contributed by atoms with E-state index in [1.54, 1.807) is 0 Å². The quantitative estimate of drug-likeness (QED) is 0.103. The van der Waals surface area contributed by atoms with Crippen LogP contribution in [0.2, 0.25) is 0 Å². The second-order valence-electron chi connectivity index (χ2n) is 12.8. The molecule has 0 fully saturated rings. The normalized spacial score (nSPS) is 13.5. The van der Waals surface area contributed by atoms with Crippen LogP contribution < -0.4 is 5.73 Å². The monoisotopic (exact) mass is 660 g/mol. The molecule has 2 nitrogen and oxygen atoms in total. The van der Waals surface area contributed by atoms with Gasteiger partial charge in [-0.05, 0) is 104 Å². The van der Waals surface area contributed by atoms with Crippen molar-refractivity contribution in [3.05, 3.63) is 187 Å². The van der Waals surface area contributed by atoms with Crippen LogP contribution in [0.15, 0.2) is 180 Å². The van der Waals surface area contributed by atoms with Gasteiger partial charge >= 0.3 is 0 Å². The van der Waals surface area contributed by atoms with Gasteiger partial charge in [0.1, 0.15) is 5.84 Å². The molecular formula is C49H44N2. The Morgan fingerprint density at radius 2 is 1.24 bits per heavy atom. The summed E-state index contributed by atoms with van der Waals surface area (Å²) in [4.78, 5) is 5.12. The minimum atomic E-state index is 0.590. The molecule has 0 radical (unpaired) electrons. The molecule has 0 aliphatic heterocycles. The van der Waals surface area contributed by atoms with Crippen molar-refractivity contribution in [1.29, 1.82) is 0 Å². The zero-order valence-electron chi connectivity index (χ0n) is 29.5. The van der Waals surface area contributed by atoms with E-state index < -0.39 is 0 Å². The molecule has 0 heterocycles. The van der Waals surface area contributed by atoms with Gasteiger partial charge in [0, 0.05) is 5.56 Å². The van der Waals surface area contributed by atoms with Crippen LogP contribution in [0.1, 0.15) is 44.2 Å². The summed E-state index contributed by atoms with van der Waals surface area (Å²) < 4.78 is 0. The fourth-order valence-electron chi connectivity index (χ4n) is 7.18. The number of hydrogen-bond donors (Lipinski definition) is 1. The fourth-order valence-corrected chi connectivity index (χ4v) is 7.18. The average Bonchev–Trinajstić information content (AvgIpc) is 3.50. The molecule has 0 unspecified atom stereocenters. The van der Waals surface area contributed by atoms with E-state index in [9.17, 15) is 0 Å². The van der Waals surface area contributed by atoms with Crippen LogP contribution >= 0.6 is 0 Å². The number of aliphatic imine (C=N–C) groups is 1. The lowest BCUT2D eigenvalue weighted by molar-refractivity contribution is 0.859. The molecule has 0 atom stereocenters. The molecule has 1 aliphatic carbocycles. The molecule has 1 aliphatic rings. The van der Waals surface area contributed by atoms with Crippen molar-refractivity contribution in [2.24, 2.45) is 10.7 Å². The summed E-state index contributed by atoms with van der Waals surface area (Å²) in [6.45, 7) is 4.00. The maximum Gasteiger partial charge on any atom is 0.127 e. The van der Waals surface area contributed by atoms with E-state index in [0.717, 1.165) is 48.1 Å². The van der Waals surface area contributed by atoms with Crippen LogP contribution in [0, 0.1) is 0 Å². The van der Waals surface area contributed by atoms with Crippen molar-refractivity contribution in [3.8, 4) is 22.3 Å². The highest BCUT2D eigenvalue weighted by molar-refractivity contribution is 6.21. The number of hydrogen-bond acceptors (Lipinski definition) is 1. The Balaban J connectivity index is 0.00000200. The smallest absolute Gasteiger partial charge is 0.127 e. The number of fused-ring (bicyclic) bond motifs is 3. The van der Waals surface area contributed by atoms with Gasteiger partial charge in [0.15, 0.2) is 0 Å². The van der Waals surface area contributed by atoms with Crippen LogP contribution in [-0.4, -0.2) is 5.84 Å². The second-order valence-corrected chi connectivity index (χ2v) is 12.8. The number of amidine groups is 1. The SMILES string of the molecule is CC.NC(=N/C(=C\Cc1ccccc1)c1cccc(-c2c3ccccc3c(-c3ccc4ccccc4c3)c3ccccc23)c1)C1=CC=CCCC1. The highest BCUT2D eigenvalue weighted by Gasteiger charge is 2.17. The topological polar surface area (TPSA) is 38.4 Å². The van der Waals surface area contributed by atoms with Crippen LogP contribution in [-0.2, 0) is 6.42 Å². The number of allylic oxidation sites excluding steroid dienone is 4. The summed E-state index contributed by atoms with van der Waals surface area (Å²) in [5.41, 5.74) is 15.9.